The molecule has 0 bridgehead atoms. The van der Waals surface area contributed by atoms with E-state index < -0.39 is 10.0 Å². The van der Waals surface area contributed by atoms with Gasteiger partial charge < -0.3 is 4.74 Å². The standard InChI is InChI=1S/C9H15NO3S/c1-2-3-6-10-14(11,12)9-4-7-13-8-5-9/h1,9-10H,3-8H2. The van der Waals surface area contributed by atoms with Crippen LogP contribution in [0.15, 0.2) is 0 Å². The second-order valence-electron chi connectivity index (χ2n) is 3.21. The molecule has 0 aliphatic carbocycles. The van der Waals surface area contributed by atoms with Crippen LogP contribution >= 0.6 is 0 Å². The van der Waals surface area contributed by atoms with E-state index >= 15 is 0 Å². The number of sulfonamides is 1. The van der Waals surface area contributed by atoms with Gasteiger partial charge in [-0.15, -0.1) is 12.3 Å². The number of ether oxygens (including phenoxy) is 1. The summed E-state index contributed by atoms with van der Waals surface area (Å²) in [5.74, 6) is 2.39. The quantitative estimate of drug-likeness (QED) is 0.537. The fourth-order valence-electron chi connectivity index (χ4n) is 1.37. The Balaban J connectivity index is 2.43. The first-order valence-corrected chi connectivity index (χ1v) is 6.21. The average Bonchev–Trinajstić information content (AvgIpc) is 2.19. The Morgan fingerprint density at radius 1 is 1.43 bits per heavy atom. The zero-order valence-corrected chi connectivity index (χ0v) is 8.85. The molecule has 0 aromatic carbocycles. The van der Waals surface area contributed by atoms with Crippen molar-refractivity contribution in [1.29, 1.82) is 0 Å². The Labute approximate surface area is 85.1 Å². The van der Waals surface area contributed by atoms with Crippen LogP contribution in [0.1, 0.15) is 19.3 Å². The normalized spacial score (nSPS) is 19.1. The molecular weight excluding hydrogens is 202 g/mol. The van der Waals surface area contributed by atoms with Gasteiger partial charge in [-0.3, -0.25) is 0 Å². The zero-order valence-electron chi connectivity index (χ0n) is 8.03. The molecule has 0 radical (unpaired) electrons. The van der Waals surface area contributed by atoms with Gasteiger partial charge >= 0.3 is 0 Å². The van der Waals surface area contributed by atoms with Crippen LogP contribution in [-0.4, -0.2) is 33.4 Å². The van der Waals surface area contributed by atoms with Crippen LogP contribution in [0, 0.1) is 12.3 Å². The lowest BCUT2D eigenvalue weighted by Gasteiger charge is -2.22. The number of hydrogen-bond acceptors (Lipinski definition) is 3. The highest BCUT2D eigenvalue weighted by Gasteiger charge is 2.26. The van der Waals surface area contributed by atoms with Crippen LogP contribution in [-0.2, 0) is 14.8 Å². The Morgan fingerprint density at radius 3 is 2.64 bits per heavy atom. The van der Waals surface area contributed by atoms with Gasteiger partial charge in [0.1, 0.15) is 0 Å². The molecule has 0 unspecified atom stereocenters. The van der Waals surface area contributed by atoms with Crippen LogP contribution in [0.5, 0.6) is 0 Å². The molecule has 1 aliphatic rings. The molecular formula is C9H15NO3S. The molecule has 5 heteroatoms. The SMILES string of the molecule is C#CCCNS(=O)(=O)C1CCOCC1. The molecule has 1 fully saturated rings. The first-order chi connectivity index (χ1) is 6.67. The summed E-state index contributed by atoms with van der Waals surface area (Å²) in [5.41, 5.74) is 0. The van der Waals surface area contributed by atoms with Crippen molar-refractivity contribution in [3.63, 3.8) is 0 Å². The molecule has 0 aromatic heterocycles. The van der Waals surface area contributed by atoms with Gasteiger partial charge in [-0.1, -0.05) is 0 Å². The van der Waals surface area contributed by atoms with Crippen LogP contribution in [0.2, 0.25) is 0 Å². The second-order valence-corrected chi connectivity index (χ2v) is 5.25. The predicted octanol–water partition coefficient (Wildman–Crippen LogP) is 0.108. The fraction of sp³-hybridized carbons (Fsp3) is 0.778. The summed E-state index contributed by atoms with van der Waals surface area (Å²) in [6.07, 6.45) is 6.61. The summed E-state index contributed by atoms with van der Waals surface area (Å²) in [7, 11) is -3.18. The monoisotopic (exact) mass is 217 g/mol. The van der Waals surface area contributed by atoms with Gasteiger partial charge in [0.2, 0.25) is 10.0 Å². The summed E-state index contributed by atoms with van der Waals surface area (Å²) >= 11 is 0. The molecule has 1 rings (SSSR count). The van der Waals surface area contributed by atoms with Gasteiger partial charge in [0.15, 0.2) is 0 Å². The molecule has 0 saturated carbocycles. The maximum Gasteiger partial charge on any atom is 0.214 e. The molecule has 0 aromatic rings. The highest BCUT2D eigenvalue weighted by Crippen LogP contribution is 2.14. The lowest BCUT2D eigenvalue weighted by molar-refractivity contribution is 0.0981. The minimum atomic E-state index is -3.18. The van der Waals surface area contributed by atoms with Crippen LogP contribution < -0.4 is 4.72 Å². The van der Waals surface area contributed by atoms with Crippen LogP contribution in [0.3, 0.4) is 0 Å². The maximum atomic E-state index is 11.6. The van der Waals surface area contributed by atoms with Gasteiger partial charge in [-0.25, -0.2) is 13.1 Å². The molecule has 4 nitrogen and oxygen atoms in total. The maximum absolute atomic E-state index is 11.6. The Morgan fingerprint density at radius 2 is 2.07 bits per heavy atom. The number of hydrogen-bond donors (Lipinski definition) is 1. The van der Waals surface area contributed by atoms with Gasteiger partial charge in [0, 0.05) is 26.2 Å². The Bertz CT molecular complexity index is 299. The molecule has 1 aliphatic heterocycles. The van der Waals surface area contributed by atoms with Crippen molar-refractivity contribution < 1.29 is 13.2 Å². The van der Waals surface area contributed by atoms with E-state index in [4.69, 9.17) is 11.2 Å². The first-order valence-electron chi connectivity index (χ1n) is 4.66. The molecule has 0 amide bonds. The average molecular weight is 217 g/mol. The Hall–Kier alpha value is -0.570. The summed E-state index contributed by atoms with van der Waals surface area (Å²) in [6.45, 7) is 1.39. The van der Waals surface area contributed by atoms with Crippen molar-refractivity contribution in [2.45, 2.75) is 24.5 Å². The van der Waals surface area contributed by atoms with Crippen molar-refractivity contribution in [1.82, 2.24) is 4.72 Å². The number of terminal acetylenes is 1. The fourth-order valence-corrected chi connectivity index (χ4v) is 2.80. The molecule has 0 atom stereocenters. The zero-order chi connectivity index (χ0) is 10.4. The van der Waals surface area contributed by atoms with E-state index in [0.29, 0.717) is 39.0 Å². The van der Waals surface area contributed by atoms with Crippen molar-refractivity contribution in [2.24, 2.45) is 0 Å². The minimum absolute atomic E-state index is 0.311. The third kappa shape index (κ3) is 3.29. The van der Waals surface area contributed by atoms with Crippen molar-refractivity contribution in [3.05, 3.63) is 0 Å². The molecule has 1 heterocycles. The summed E-state index contributed by atoms with van der Waals surface area (Å²) in [4.78, 5) is 0. The van der Waals surface area contributed by atoms with E-state index in [1.54, 1.807) is 0 Å². The highest BCUT2D eigenvalue weighted by atomic mass is 32.2. The number of rotatable bonds is 4. The van der Waals surface area contributed by atoms with Gasteiger partial charge in [-0.05, 0) is 12.8 Å². The third-order valence-electron chi connectivity index (χ3n) is 2.18. The van der Waals surface area contributed by atoms with Gasteiger partial charge in [-0.2, -0.15) is 0 Å². The predicted molar refractivity (Wildman–Crippen MR) is 54.2 cm³/mol. The lowest BCUT2D eigenvalue weighted by Crippen LogP contribution is -2.38. The first kappa shape index (κ1) is 11.5. The third-order valence-corrected chi connectivity index (χ3v) is 4.14. The largest absolute Gasteiger partial charge is 0.381 e. The van der Waals surface area contributed by atoms with Crippen LogP contribution in [0.25, 0.3) is 0 Å². The summed E-state index contributed by atoms with van der Waals surface area (Å²) < 4.78 is 30.9. The van der Waals surface area contributed by atoms with Gasteiger partial charge in [0.05, 0.1) is 5.25 Å². The lowest BCUT2D eigenvalue weighted by atomic mass is 10.2. The van der Waals surface area contributed by atoms with E-state index in [2.05, 4.69) is 10.6 Å². The topological polar surface area (TPSA) is 55.4 Å². The minimum Gasteiger partial charge on any atom is -0.381 e. The molecule has 80 valence electrons. The molecule has 14 heavy (non-hydrogen) atoms. The van der Waals surface area contributed by atoms with E-state index in [-0.39, 0.29) is 5.25 Å². The van der Waals surface area contributed by atoms with Crippen molar-refractivity contribution >= 4 is 10.0 Å². The Kier molecular flexibility index (Phi) is 4.39. The van der Waals surface area contributed by atoms with E-state index in [0.717, 1.165) is 0 Å². The summed E-state index contributed by atoms with van der Waals surface area (Å²) in [5, 5.41) is -0.311. The van der Waals surface area contributed by atoms with Gasteiger partial charge in [0.25, 0.3) is 0 Å². The van der Waals surface area contributed by atoms with E-state index in [1.807, 2.05) is 0 Å². The molecule has 1 N–H and O–H groups in total. The molecule has 0 spiro atoms. The van der Waals surface area contributed by atoms with E-state index in [1.165, 1.54) is 0 Å². The number of nitrogens with one attached hydrogen (secondary N) is 1. The smallest absolute Gasteiger partial charge is 0.214 e. The van der Waals surface area contributed by atoms with Crippen molar-refractivity contribution in [2.75, 3.05) is 19.8 Å². The second kappa shape index (κ2) is 5.35. The van der Waals surface area contributed by atoms with Crippen LogP contribution in [0.4, 0.5) is 0 Å². The highest BCUT2D eigenvalue weighted by molar-refractivity contribution is 7.90. The van der Waals surface area contributed by atoms with E-state index in [9.17, 15) is 8.42 Å². The van der Waals surface area contributed by atoms with Crippen molar-refractivity contribution in [3.8, 4) is 12.3 Å². The summed E-state index contributed by atoms with van der Waals surface area (Å²) in [6, 6.07) is 0. The molecule has 1 saturated heterocycles.